The van der Waals surface area contributed by atoms with Gasteiger partial charge in [-0.1, -0.05) is 76.1 Å². The van der Waals surface area contributed by atoms with E-state index in [1.807, 2.05) is 6.07 Å². The molecule has 0 radical (unpaired) electrons. The summed E-state index contributed by atoms with van der Waals surface area (Å²) in [5.41, 5.74) is 15.8. The number of carbonyl (C=O) groups is 2. The summed E-state index contributed by atoms with van der Waals surface area (Å²) in [7, 11) is 0. The topological polar surface area (TPSA) is 86.2 Å². The lowest BCUT2D eigenvalue weighted by atomic mass is 9.77. The fourth-order valence-corrected chi connectivity index (χ4v) is 5.27. The lowest BCUT2D eigenvalue weighted by molar-refractivity contribution is 0.0980. The summed E-state index contributed by atoms with van der Waals surface area (Å²) in [5, 5.41) is 0. The number of nitrogen functional groups attached to an aromatic ring is 2. The Kier molecular flexibility index (Phi) is 5.94. The smallest absolute Gasteiger partial charge is 0.196 e. The Bertz CT molecular complexity index is 971. The highest BCUT2D eigenvalue weighted by Crippen LogP contribution is 2.38. The number of anilines is 2. The van der Waals surface area contributed by atoms with Crippen LogP contribution in [0, 0.1) is 11.8 Å². The third kappa shape index (κ3) is 3.76. The van der Waals surface area contributed by atoms with Gasteiger partial charge in [-0.25, -0.2) is 0 Å². The van der Waals surface area contributed by atoms with Crippen molar-refractivity contribution in [2.24, 2.45) is 11.8 Å². The molecule has 0 aromatic heterocycles. The first-order valence-corrected chi connectivity index (χ1v) is 11.4. The van der Waals surface area contributed by atoms with Crippen molar-refractivity contribution in [3.63, 3.8) is 0 Å². The Labute approximate surface area is 179 Å². The van der Waals surface area contributed by atoms with Crippen molar-refractivity contribution in [1.29, 1.82) is 0 Å². The summed E-state index contributed by atoms with van der Waals surface area (Å²) in [6.07, 6.45) is 11.1. The SMILES string of the molecule is CCCCC1CCC(CCc2cc(N)c3c(c2N)C(=O)c2ccccc2C3=O)CC1. The number of carbonyl (C=O) groups excluding carboxylic acids is 2. The summed E-state index contributed by atoms with van der Waals surface area (Å²) in [5.74, 6) is 1.20. The van der Waals surface area contributed by atoms with Crippen LogP contribution in [0.3, 0.4) is 0 Å². The van der Waals surface area contributed by atoms with E-state index >= 15 is 0 Å². The molecule has 1 fully saturated rings. The van der Waals surface area contributed by atoms with Crippen LogP contribution in [0.4, 0.5) is 11.4 Å². The third-order valence-electron chi connectivity index (χ3n) is 7.11. The van der Waals surface area contributed by atoms with Gasteiger partial charge in [-0.3, -0.25) is 9.59 Å². The number of unbranched alkanes of at least 4 members (excludes halogenated alkanes) is 1. The molecule has 0 bridgehead atoms. The lowest BCUT2D eigenvalue weighted by Gasteiger charge is -2.29. The van der Waals surface area contributed by atoms with E-state index in [4.69, 9.17) is 11.5 Å². The molecular formula is C26H32N2O2. The molecule has 4 nitrogen and oxygen atoms in total. The van der Waals surface area contributed by atoms with Gasteiger partial charge in [0.05, 0.1) is 11.1 Å². The van der Waals surface area contributed by atoms with Gasteiger partial charge >= 0.3 is 0 Å². The van der Waals surface area contributed by atoms with Crippen LogP contribution in [0.15, 0.2) is 30.3 Å². The molecule has 4 heteroatoms. The van der Waals surface area contributed by atoms with Crippen molar-refractivity contribution < 1.29 is 9.59 Å². The molecule has 2 aliphatic rings. The van der Waals surface area contributed by atoms with Crippen LogP contribution in [0.5, 0.6) is 0 Å². The van der Waals surface area contributed by atoms with E-state index in [9.17, 15) is 9.59 Å². The van der Waals surface area contributed by atoms with Gasteiger partial charge in [0.2, 0.25) is 0 Å². The number of nitrogens with two attached hydrogens (primary N) is 2. The van der Waals surface area contributed by atoms with Crippen LogP contribution in [0.1, 0.15) is 95.7 Å². The zero-order valence-corrected chi connectivity index (χ0v) is 17.9. The van der Waals surface area contributed by atoms with Gasteiger partial charge in [-0.2, -0.15) is 0 Å². The van der Waals surface area contributed by atoms with E-state index in [0.717, 1.165) is 24.3 Å². The second-order valence-corrected chi connectivity index (χ2v) is 9.06. The Hall–Kier alpha value is -2.62. The molecule has 0 aliphatic heterocycles. The molecule has 0 spiro atoms. The molecular weight excluding hydrogens is 372 g/mol. The quantitative estimate of drug-likeness (QED) is 0.527. The molecule has 2 aromatic rings. The molecule has 0 unspecified atom stereocenters. The predicted octanol–water partition coefficient (Wildman–Crippen LogP) is 5.56. The molecule has 2 aliphatic carbocycles. The van der Waals surface area contributed by atoms with Crippen molar-refractivity contribution in [2.45, 2.75) is 64.7 Å². The van der Waals surface area contributed by atoms with E-state index in [1.54, 1.807) is 24.3 Å². The number of hydrogen-bond donors (Lipinski definition) is 2. The lowest BCUT2D eigenvalue weighted by Crippen LogP contribution is -2.24. The third-order valence-corrected chi connectivity index (χ3v) is 7.11. The van der Waals surface area contributed by atoms with Crippen LogP contribution in [-0.2, 0) is 6.42 Å². The van der Waals surface area contributed by atoms with Crippen molar-refractivity contribution >= 4 is 22.9 Å². The standard InChI is InChI=1S/C26H32N2O2/c1-2-3-6-16-9-11-17(12-10-16)13-14-18-15-21(27)22-23(24(18)28)26(30)20-8-5-4-7-19(20)25(22)29/h4-5,7-8,15-17H,2-3,6,9-14,27-28H2,1H3. The molecule has 0 heterocycles. The van der Waals surface area contributed by atoms with Gasteiger partial charge in [0.1, 0.15) is 0 Å². The fourth-order valence-electron chi connectivity index (χ4n) is 5.27. The molecule has 0 saturated heterocycles. The summed E-state index contributed by atoms with van der Waals surface area (Å²) >= 11 is 0. The van der Waals surface area contributed by atoms with Crippen LogP contribution in [0.25, 0.3) is 0 Å². The molecule has 30 heavy (non-hydrogen) atoms. The van der Waals surface area contributed by atoms with Crippen molar-refractivity contribution in [2.75, 3.05) is 11.5 Å². The monoisotopic (exact) mass is 404 g/mol. The fraction of sp³-hybridized carbons (Fsp3) is 0.462. The second-order valence-electron chi connectivity index (χ2n) is 9.06. The van der Waals surface area contributed by atoms with E-state index in [0.29, 0.717) is 34.0 Å². The van der Waals surface area contributed by atoms with E-state index in [-0.39, 0.29) is 17.1 Å². The molecule has 1 saturated carbocycles. The Morgan fingerprint density at radius 1 is 0.867 bits per heavy atom. The average Bonchev–Trinajstić information content (AvgIpc) is 2.77. The number of benzene rings is 2. The Morgan fingerprint density at radius 2 is 1.43 bits per heavy atom. The summed E-state index contributed by atoms with van der Waals surface area (Å²) < 4.78 is 0. The minimum absolute atomic E-state index is 0.192. The first kappa shape index (κ1) is 20.6. The van der Waals surface area contributed by atoms with Crippen LogP contribution in [-0.4, -0.2) is 11.6 Å². The van der Waals surface area contributed by atoms with Gasteiger partial charge in [0.15, 0.2) is 11.6 Å². The van der Waals surface area contributed by atoms with Crippen LogP contribution in [0.2, 0.25) is 0 Å². The normalized spacial score (nSPS) is 20.7. The maximum Gasteiger partial charge on any atom is 0.196 e. The van der Waals surface area contributed by atoms with E-state index in [2.05, 4.69) is 6.92 Å². The highest BCUT2D eigenvalue weighted by Gasteiger charge is 2.34. The first-order chi connectivity index (χ1) is 14.5. The summed E-state index contributed by atoms with van der Waals surface area (Å²) in [6, 6.07) is 8.73. The van der Waals surface area contributed by atoms with E-state index in [1.165, 1.54) is 44.9 Å². The minimum atomic E-state index is -0.207. The van der Waals surface area contributed by atoms with Crippen LogP contribution >= 0.6 is 0 Å². The highest BCUT2D eigenvalue weighted by atomic mass is 16.1. The number of hydrogen-bond acceptors (Lipinski definition) is 4. The molecule has 4 rings (SSSR count). The predicted molar refractivity (Wildman–Crippen MR) is 122 cm³/mol. The average molecular weight is 405 g/mol. The van der Waals surface area contributed by atoms with Gasteiger partial charge in [0.25, 0.3) is 0 Å². The summed E-state index contributed by atoms with van der Waals surface area (Å²) in [4.78, 5) is 26.1. The summed E-state index contributed by atoms with van der Waals surface area (Å²) in [6.45, 7) is 2.26. The Morgan fingerprint density at radius 3 is 2.03 bits per heavy atom. The maximum atomic E-state index is 13.1. The first-order valence-electron chi connectivity index (χ1n) is 11.4. The van der Waals surface area contributed by atoms with E-state index < -0.39 is 0 Å². The Balaban J connectivity index is 1.51. The van der Waals surface area contributed by atoms with Crippen LogP contribution < -0.4 is 11.5 Å². The maximum absolute atomic E-state index is 13.1. The largest absolute Gasteiger partial charge is 0.398 e. The number of aryl methyl sites for hydroxylation is 1. The van der Waals surface area contributed by atoms with Gasteiger partial charge < -0.3 is 11.5 Å². The molecule has 0 amide bonds. The highest BCUT2D eigenvalue weighted by molar-refractivity contribution is 6.31. The van der Waals surface area contributed by atoms with Crippen molar-refractivity contribution in [1.82, 2.24) is 0 Å². The van der Waals surface area contributed by atoms with Crippen molar-refractivity contribution in [3.05, 3.63) is 58.1 Å². The second kappa shape index (κ2) is 8.63. The zero-order valence-electron chi connectivity index (χ0n) is 17.9. The molecule has 2 aromatic carbocycles. The molecule has 4 N–H and O–H groups in total. The zero-order chi connectivity index (χ0) is 21.3. The number of ketones is 2. The minimum Gasteiger partial charge on any atom is -0.398 e. The van der Waals surface area contributed by atoms with Gasteiger partial charge in [-0.05, 0) is 36.3 Å². The van der Waals surface area contributed by atoms with Gasteiger partial charge in [-0.15, -0.1) is 0 Å². The van der Waals surface area contributed by atoms with Gasteiger partial charge in [0, 0.05) is 22.5 Å². The number of rotatable bonds is 6. The molecule has 0 atom stereocenters. The molecule has 158 valence electrons. The number of fused-ring (bicyclic) bond motifs is 2. The van der Waals surface area contributed by atoms with Crippen molar-refractivity contribution in [3.8, 4) is 0 Å².